The zero-order valence-electron chi connectivity index (χ0n) is 21.2. The molecule has 1 atom stereocenters. The Morgan fingerprint density at radius 3 is 1.66 bits per heavy atom. The Kier molecular flexibility index (Phi) is 18.3. The molecule has 0 aromatic carbocycles. The third-order valence-electron chi connectivity index (χ3n) is 6.48. The standard InChI is InChI=1S/C27H51NO4/c1-3-5-7-8-9-10-11-12-13-14-15-16-17-18-19-24-31-26(29)25-21-20-22-28(25)27(30)32-23-6-4-2/h25H,3-24H2,1-2H3. The first-order valence-corrected chi connectivity index (χ1v) is 13.8. The molecule has 188 valence electrons. The normalized spacial score (nSPS) is 15.8. The SMILES string of the molecule is CCCCCCCCCCCCCCCCCOC(=O)C1CCCN1C(=O)OCCCC. The molecule has 0 aromatic rings. The summed E-state index contributed by atoms with van der Waals surface area (Å²) >= 11 is 0. The molecule has 1 saturated heterocycles. The highest BCUT2D eigenvalue weighted by atomic mass is 16.6. The van der Waals surface area contributed by atoms with Gasteiger partial charge in [-0.2, -0.15) is 0 Å². The minimum Gasteiger partial charge on any atom is -0.464 e. The molecular weight excluding hydrogens is 402 g/mol. The van der Waals surface area contributed by atoms with Crippen LogP contribution in [0.2, 0.25) is 0 Å². The van der Waals surface area contributed by atoms with Crippen LogP contribution in [0.15, 0.2) is 0 Å². The summed E-state index contributed by atoms with van der Waals surface area (Å²) in [4.78, 5) is 26.1. The molecule has 5 heteroatoms. The van der Waals surface area contributed by atoms with E-state index in [9.17, 15) is 9.59 Å². The van der Waals surface area contributed by atoms with E-state index in [4.69, 9.17) is 9.47 Å². The molecule has 1 amide bonds. The van der Waals surface area contributed by atoms with E-state index in [-0.39, 0.29) is 12.1 Å². The van der Waals surface area contributed by atoms with Crippen molar-refractivity contribution in [3.05, 3.63) is 0 Å². The summed E-state index contributed by atoms with van der Waals surface area (Å²) in [5.41, 5.74) is 0. The number of carbonyl (C=O) groups excluding carboxylic acids is 2. The molecule has 1 aliphatic rings. The first-order chi connectivity index (χ1) is 15.7. The first kappa shape index (κ1) is 28.8. The Bertz CT molecular complexity index is 469. The molecule has 0 spiro atoms. The maximum Gasteiger partial charge on any atom is 0.410 e. The largest absolute Gasteiger partial charge is 0.464 e. The summed E-state index contributed by atoms with van der Waals surface area (Å²) in [6.07, 6.45) is 22.8. The van der Waals surface area contributed by atoms with Crippen LogP contribution in [0, 0.1) is 0 Å². The Morgan fingerprint density at radius 1 is 0.656 bits per heavy atom. The van der Waals surface area contributed by atoms with Gasteiger partial charge in [-0.1, -0.05) is 110 Å². The Labute approximate surface area is 198 Å². The fraction of sp³-hybridized carbons (Fsp3) is 0.926. The average molecular weight is 454 g/mol. The fourth-order valence-electron chi connectivity index (χ4n) is 4.36. The highest BCUT2D eigenvalue weighted by Crippen LogP contribution is 2.20. The maximum absolute atomic E-state index is 12.4. The van der Waals surface area contributed by atoms with Crippen LogP contribution in [0.3, 0.4) is 0 Å². The lowest BCUT2D eigenvalue weighted by atomic mass is 10.0. The molecule has 1 fully saturated rings. The maximum atomic E-state index is 12.4. The molecule has 0 aromatic heterocycles. The zero-order chi connectivity index (χ0) is 23.3. The molecule has 0 N–H and O–H groups in total. The Morgan fingerprint density at radius 2 is 1.12 bits per heavy atom. The number of likely N-dealkylation sites (tertiary alicyclic amines) is 1. The molecule has 1 aliphatic heterocycles. The second kappa shape index (κ2) is 20.4. The van der Waals surface area contributed by atoms with Gasteiger partial charge in [-0.3, -0.25) is 4.90 Å². The van der Waals surface area contributed by atoms with Gasteiger partial charge in [-0.15, -0.1) is 0 Å². The van der Waals surface area contributed by atoms with E-state index >= 15 is 0 Å². The number of hydrogen-bond acceptors (Lipinski definition) is 4. The Hall–Kier alpha value is -1.26. The highest BCUT2D eigenvalue weighted by Gasteiger charge is 2.36. The van der Waals surface area contributed by atoms with E-state index in [1.807, 2.05) is 0 Å². The van der Waals surface area contributed by atoms with Crippen molar-refractivity contribution in [1.82, 2.24) is 4.90 Å². The molecule has 1 unspecified atom stereocenters. The summed E-state index contributed by atoms with van der Waals surface area (Å²) in [6, 6.07) is -0.458. The van der Waals surface area contributed by atoms with E-state index in [0.717, 1.165) is 32.1 Å². The van der Waals surface area contributed by atoms with E-state index in [1.54, 1.807) is 4.90 Å². The van der Waals surface area contributed by atoms with Gasteiger partial charge < -0.3 is 9.47 Å². The number of ether oxygens (including phenoxy) is 2. The van der Waals surface area contributed by atoms with Crippen LogP contribution in [0.1, 0.15) is 136 Å². The minimum absolute atomic E-state index is 0.264. The van der Waals surface area contributed by atoms with E-state index in [2.05, 4.69) is 13.8 Å². The monoisotopic (exact) mass is 453 g/mol. The van der Waals surface area contributed by atoms with Crippen molar-refractivity contribution in [3.63, 3.8) is 0 Å². The number of nitrogens with zero attached hydrogens (tertiary/aromatic N) is 1. The smallest absolute Gasteiger partial charge is 0.410 e. The predicted molar refractivity (Wildman–Crippen MR) is 132 cm³/mol. The van der Waals surface area contributed by atoms with Crippen molar-refractivity contribution < 1.29 is 19.1 Å². The number of carbonyl (C=O) groups is 2. The molecule has 0 radical (unpaired) electrons. The van der Waals surface area contributed by atoms with Crippen LogP contribution in [0.4, 0.5) is 4.79 Å². The van der Waals surface area contributed by atoms with Crippen molar-refractivity contribution >= 4 is 12.1 Å². The number of esters is 1. The summed E-state index contributed by atoms with van der Waals surface area (Å²) in [5.74, 6) is -0.264. The molecule has 0 saturated carbocycles. The number of hydrogen-bond donors (Lipinski definition) is 0. The molecule has 0 aliphatic carbocycles. The van der Waals surface area contributed by atoms with E-state index in [1.165, 1.54) is 83.5 Å². The van der Waals surface area contributed by atoms with Crippen LogP contribution in [0.5, 0.6) is 0 Å². The van der Waals surface area contributed by atoms with Gasteiger partial charge in [0.15, 0.2) is 0 Å². The lowest BCUT2D eigenvalue weighted by Gasteiger charge is -2.22. The van der Waals surface area contributed by atoms with Gasteiger partial charge in [0.2, 0.25) is 0 Å². The van der Waals surface area contributed by atoms with Crippen molar-refractivity contribution in [2.24, 2.45) is 0 Å². The first-order valence-electron chi connectivity index (χ1n) is 13.8. The van der Waals surface area contributed by atoms with Gasteiger partial charge in [-0.25, -0.2) is 9.59 Å². The zero-order valence-corrected chi connectivity index (χ0v) is 21.2. The van der Waals surface area contributed by atoms with Crippen molar-refractivity contribution in [2.75, 3.05) is 19.8 Å². The third kappa shape index (κ3) is 14.0. The second-order valence-corrected chi connectivity index (χ2v) is 9.44. The Balaban J connectivity index is 1.92. The number of unbranched alkanes of at least 4 members (excludes halogenated alkanes) is 15. The molecular formula is C27H51NO4. The summed E-state index contributed by atoms with van der Waals surface area (Å²) in [7, 11) is 0. The molecule has 1 rings (SSSR count). The summed E-state index contributed by atoms with van der Waals surface area (Å²) in [6.45, 7) is 5.81. The average Bonchev–Trinajstić information content (AvgIpc) is 3.29. The minimum atomic E-state index is -0.458. The van der Waals surface area contributed by atoms with Crippen molar-refractivity contribution in [1.29, 1.82) is 0 Å². The van der Waals surface area contributed by atoms with Gasteiger partial charge in [-0.05, 0) is 25.7 Å². The predicted octanol–water partition coefficient (Wildman–Crippen LogP) is 7.80. The van der Waals surface area contributed by atoms with Gasteiger partial charge in [0.05, 0.1) is 13.2 Å². The fourth-order valence-corrected chi connectivity index (χ4v) is 4.36. The van der Waals surface area contributed by atoms with Crippen molar-refractivity contribution in [2.45, 2.75) is 142 Å². The number of rotatable bonds is 20. The van der Waals surface area contributed by atoms with Crippen LogP contribution in [-0.2, 0) is 14.3 Å². The molecule has 5 nitrogen and oxygen atoms in total. The van der Waals surface area contributed by atoms with Gasteiger partial charge in [0.1, 0.15) is 6.04 Å². The van der Waals surface area contributed by atoms with Gasteiger partial charge >= 0.3 is 12.1 Å². The van der Waals surface area contributed by atoms with Crippen LogP contribution in [0.25, 0.3) is 0 Å². The van der Waals surface area contributed by atoms with Gasteiger partial charge in [0.25, 0.3) is 0 Å². The topological polar surface area (TPSA) is 55.8 Å². The molecule has 0 bridgehead atoms. The van der Waals surface area contributed by atoms with E-state index < -0.39 is 6.04 Å². The van der Waals surface area contributed by atoms with Crippen LogP contribution < -0.4 is 0 Å². The second-order valence-electron chi connectivity index (χ2n) is 9.44. The van der Waals surface area contributed by atoms with Gasteiger partial charge in [0, 0.05) is 6.54 Å². The van der Waals surface area contributed by atoms with Crippen LogP contribution >= 0.6 is 0 Å². The lowest BCUT2D eigenvalue weighted by molar-refractivity contribution is -0.148. The third-order valence-corrected chi connectivity index (χ3v) is 6.48. The number of amides is 1. The summed E-state index contributed by atoms with van der Waals surface area (Å²) in [5, 5.41) is 0. The summed E-state index contributed by atoms with van der Waals surface area (Å²) < 4.78 is 10.7. The molecule has 32 heavy (non-hydrogen) atoms. The van der Waals surface area contributed by atoms with E-state index in [0.29, 0.717) is 26.2 Å². The lowest BCUT2D eigenvalue weighted by Crippen LogP contribution is -2.41. The van der Waals surface area contributed by atoms with Crippen LogP contribution in [-0.4, -0.2) is 42.8 Å². The highest BCUT2D eigenvalue weighted by molar-refractivity contribution is 5.82. The van der Waals surface area contributed by atoms with Crippen molar-refractivity contribution in [3.8, 4) is 0 Å². The molecule has 1 heterocycles. The quantitative estimate of drug-likeness (QED) is 0.139.